The van der Waals surface area contributed by atoms with Crippen molar-refractivity contribution in [3.8, 4) is 5.75 Å². The molecule has 0 fully saturated rings. The van der Waals surface area contributed by atoms with Crippen LogP contribution in [0.2, 0.25) is 0 Å². The Bertz CT molecular complexity index is 706. The Morgan fingerprint density at radius 1 is 1.25 bits per heavy atom. The zero-order valence-corrected chi connectivity index (χ0v) is 13.3. The molecule has 0 aliphatic heterocycles. The van der Waals surface area contributed by atoms with Crippen LogP contribution < -0.4 is 10.1 Å². The number of methoxy groups -OCH3 is 1. The maximum absolute atomic E-state index is 13.5. The minimum Gasteiger partial charge on any atom is -0.497 e. The van der Waals surface area contributed by atoms with Gasteiger partial charge in [0.15, 0.2) is 0 Å². The lowest BCUT2D eigenvalue weighted by Gasteiger charge is -2.13. The van der Waals surface area contributed by atoms with E-state index in [-0.39, 0.29) is 30.9 Å². The van der Waals surface area contributed by atoms with Crippen molar-refractivity contribution in [2.45, 2.75) is 18.9 Å². The van der Waals surface area contributed by atoms with E-state index in [0.717, 1.165) is 18.2 Å². The van der Waals surface area contributed by atoms with E-state index in [1.807, 2.05) is 0 Å². The number of ether oxygens (including phenoxy) is 1. The molecule has 1 amide bonds. The number of halogens is 2. The molecule has 0 saturated heterocycles. The number of hydrogen-bond donors (Lipinski definition) is 2. The van der Waals surface area contributed by atoms with Gasteiger partial charge in [-0.25, -0.2) is 8.78 Å². The van der Waals surface area contributed by atoms with Crippen LogP contribution in [0.15, 0.2) is 42.5 Å². The van der Waals surface area contributed by atoms with Crippen LogP contribution in [0.5, 0.6) is 5.75 Å². The van der Waals surface area contributed by atoms with Crippen LogP contribution in [0.4, 0.5) is 8.78 Å². The second-order valence-electron chi connectivity index (χ2n) is 5.33. The second-order valence-corrected chi connectivity index (χ2v) is 5.33. The summed E-state index contributed by atoms with van der Waals surface area (Å²) in [6.45, 7) is 0.0254. The molecule has 0 radical (unpaired) electrons. The number of benzene rings is 2. The van der Waals surface area contributed by atoms with Gasteiger partial charge in [0.2, 0.25) is 5.91 Å². The van der Waals surface area contributed by atoms with Crippen molar-refractivity contribution in [2.24, 2.45) is 0 Å². The molecule has 0 aliphatic carbocycles. The van der Waals surface area contributed by atoms with E-state index >= 15 is 0 Å². The monoisotopic (exact) mass is 335 g/mol. The molecule has 0 aromatic heterocycles. The maximum Gasteiger partial charge on any atom is 0.220 e. The number of rotatable bonds is 7. The predicted molar refractivity (Wildman–Crippen MR) is 85.6 cm³/mol. The first-order chi connectivity index (χ1) is 11.5. The molecule has 6 heteroatoms. The molecule has 0 aliphatic rings. The Balaban J connectivity index is 1.83. The third-order valence-corrected chi connectivity index (χ3v) is 3.60. The van der Waals surface area contributed by atoms with Gasteiger partial charge < -0.3 is 15.2 Å². The van der Waals surface area contributed by atoms with Crippen LogP contribution in [-0.4, -0.2) is 24.7 Å². The van der Waals surface area contributed by atoms with E-state index in [9.17, 15) is 18.7 Å². The third-order valence-electron chi connectivity index (χ3n) is 3.60. The van der Waals surface area contributed by atoms with Crippen LogP contribution >= 0.6 is 0 Å². The summed E-state index contributed by atoms with van der Waals surface area (Å²) in [6.07, 6.45) is -0.787. The summed E-state index contributed by atoms with van der Waals surface area (Å²) in [6, 6.07) is 10.0. The van der Waals surface area contributed by atoms with Crippen molar-refractivity contribution >= 4 is 5.91 Å². The lowest BCUT2D eigenvalue weighted by atomic mass is 10.1. The summed E-state index contributed by atoms with van der Waals surface area (Å²) in [5.74, 6) is -0.819. The van der Waals surface area contributed by atoms with Gasteiger partial charge in [-0.15, -0.1) is 0 Å². The summed E-state index contributed by atoms with van der Waals surface area (Å²) in [7, 11) is 1.53. The first-order valence-electron chi connectivity index (χ1n) is 7.52. The van der Waals surface area contributed by atoms with Crippen molar-refractivity contribution in [1.29, 1.82) is 0 Å². The van der Waals surface area contributed by atoms with Gasteiger partial charge in [0.25, 0.3) is 0 Å². The topological polar surface area (TPSA) is 58.6 Å². The Morgan fingerprint density at radius 2 is 2.04 bits per heavy atom. The van der Waals surface area contributed by atoms with Gasteiger partial charge in [-0.05, 0) is 47.9 Å². The van der Waals surface area contributed by atoms with Gasteiger partial charge in [0, 0.05) is 13.0 Å². The van der Waals surface area contributed by atoms with Crippen molar-refractivity contribution in [2.75, 3.05) is 13.7 Å². The highest BCUT2D eigenvalue weighted by molar-refractivity contribution is 5.76. The van der Waals surface area contributed by atoms with Crippen LogP contribution in [0.25, 0.3) is 0 Å². The number of aliphatic hydroxyl groups excluding tert-OH is 1. The SMILES string of the molecule is COc1cccc(C(O)CNC(=O)CCc2cc(F)ccc2F)c1. The molecule has 2 aromatic rings. The van der Waals surface area contributed by atoms with E-state index in [1.54, 1.807) is 24.3 Å². The lowest BCUT2D eigenvalue weighted by molar-refractivity contribution is -0.121. The fourth-order valence-corrected chi connectivity index (χ4v) is 2.25. The highest BCUT2D eigenvalue weighted by Gasteiger charge is 2.11. The lowest BCUT2D eigenvalue weighted by Crippen LogP contribution is -2.28. The predicted octanol–water partition coefficient (Wildman–Crippen LogP) is 2.76. The van der Waals surface area contributed by atoms with Gasteiger partial charge in [-0.1, -0.05) is 12.1 Å². The van der Waals surface area contributed by atoms with Gasteiger partial charge in [-0.2, -0.15) is 0 Å². The minimum absolute atomic E-state index is 0.00516. The molecule has 0 spiro atoms. The first-order valence-corrected chi connectivity index (χ1v) is 7.52. The zero-order chi connectivity index (χ0) is 17.5. The van der Waals surface area contributed by atoms with Crippen molar-refractivity contribution in [3.05, 3.63) is 65.2 Å². The largest absolute Gasteiger partial charge is 0.497 e. The fraction of sp³-hybridized carbons (Fsp3) is 0.278. The number of amides is 1. The number of hydrogen-bond acceptors (Lipinski definition) is 3. The Hall–Kier alpha value is -2.47. The van der Waals surface area contributed by atoms with Crippen molar-refractivity contribution < 1.29 is 23.4 Å². The molecule has 2 rings (SSSR count). The maximum atomic E-state index is 13.5. The molecule has 24 heavy (non-hydrogen) atoms. The van der Waals surface area contributed by atoms with Crippen LogP contribution in [-0.2, 0) is 11.2 Å². The number of carbonyl (C=O) groups excluding carboxylic acids is 1. The highest BCUT2D eigenvalue weighted by atomic mass is 19.1. The summed E-state index contributed by atoms with van der Waals surface area (Å²) in [5.41, 5.74) is 0.768. The molecule has 1 atom stereocenters. The van der Waals surface area contributed by atoms with Gasteiger partial charge in [0.05, 0.1) is 13.2 Å². The zero-order valence-electron chi connectivity index (χ0n) is 13.3. The van der Waals surface area contributed by atoms with E-state index in [1.165, 1.54) is 7.11 Å². The molecule has 2 aromatic carbocycles. The summed E-state index contributed by atoms with van der Waals surface area (Å²) in [5, 5.41) is 12.7. The number of carbonyl (C=O) groups is 1. The van der Waals surface area contributed by atoms with Gasteiger partial charge in [0.1, 0.15) is 17.4 Å². The van der Waals surface area contributed by atoms with E-state index < -0.39 is 17.7 Å². The first kappa shape index (κ1) is 17.9. The Kier molecular flexibility index (Phi) is 6.26. The van der Waals surface area contributed by atoms with Crippen LogP contribution in [0.3, 0.4) is 0 Å². The summed E-state index contributed by atoms with van der Waals surface area (Å²) in [4.78, 5) is 11.8. The van der Waals surface area contributed by atoms with Gasteiger partial charge in [-0.3, -0.25) is 4.79 Å². The second kappa shape index (κ2) is 8.40. The van der Waals surface area contributed by atoms with Crippen LogP contribution in [0, 0.1) is 11.6 Å². The quantitative estimate of drug-likeness (QED) is 0.818. The third kappa shape index (κ3) is 5.03. The molecular weight excluding hydrogens is 316 g/mol. The average molecular weight is 335 g/mol. The molecule has 0 bridgehead atoms. The van der Waals surface area contributed by atoms with E-state index in [0.29, 0.717) is 11.3 Å². The molecular formula is C18H19F2NO3. The summed E-state index contributed by atoms with van der Waals surface area (Å²) >= 11 is 0. The van der Waals surface area contributed by atoms with Crippen molar-refractivity contribution in [3.63, 3.8) is 0 Å². The van der Waals surface area contributed by atoms with Gasteiger partial charge >= 0.3 is 0 Å². The van der Waals surface area contributed by atoms with Crippen molar-refractivity contribution in [1.82, 2.24) is 5.32 Å². The minimum atomic E-state index is -0.880. The van der Waals surface area contributed by atoms with E-state index in [2.05, 4.69) is 5.32 Å². The summed E-state index contributed by atoms with van der Waals surface area (Å²) < 4.78 is 31.6. The molecule has 4 nitrogen and oxygen atoms in total. The highest BCUT2D eigenvalue weighted by Crippen LogP contribution is 2.18. The Labute approximate surface area is 139 Å². The molecule has 2 N–H and O–H groups in total. The normalized spacial score (nSPS) is 11.8. The van der Waals surface area contributed by atoms with Crippen LogP contribution in [0.1, 0.15) is 23.7 Å². The number of nitrogens with one attached hydrogen (secondary N) is 1. The number of aryl methyl sites for hydroxylation is 1. The molecule has 1 unspecified atom stereocenters. The Morgan fingerprint density at radius 3 is 2.79 bits per heavy atom. The smallest absolute Gasteiger partial charge is 0.220 e. The fourth-order valence-electron chi connectivity index (χ4n) is 2.25. The molecule has 0 saturated carbocycles. The van der Waals surface area contributed by atoms with E-state index in [4.69, 9.17) is 4.74 Å². The average Bonchev–Trinajstić information content (AvgIpc) is 2.60. The standard InChI is InChI=1S/C18H19F2NO3/c1-24-15-4-2-3-13(10-15)17(22)11-21-18(23)8-5-12-9-14(19)6-7-16(12)20/h2-4,6-7,9-10,17,22H,5,8,11H2,1H3,(H,21,23). The number of aliphatic hydroxyl groups is 1. The molecule has 0 heterocycles. The molecule has 128 valence electrons.